The molecule has 0 atom stereocenters. The summed E-state index contributed by atoms with van der Waals surface area (Å²) in [5.74, 6) is 1.15. The van der Waals surface area contributed by atoms with Crippen LogP contribution in [0.5, 0.6) is 0 Å². The van der Waals surface area contributed by atoms with Gasteiger partial charge < -0.3 is 10.2 Å². The van der Waals surface area contributed by atoms with Crippen LogP contribution in [-0.4, -0.2) is 25.1 Å². The molecule has 3 nitrogen and oxygen atoms in total. The molecule has 1 aliphatic heterocycles. The van der Waals surface area contributed by atoms with Crippen LogP contribution in [0.1, 0.15) is 44.4 Å². The van der Waals surface area contributed by atoms with E-state index in [1.54, 1.807) is 0 Å². The van der Waals surface area contributed by atoms with Crippen molar-refractivity contribution in [3.63, 3.8) is 0 Å². The van der Waals surface area contributed by atoms with Gasteiger partial charge in [0.25, 0.3) is 0 Å². The van der Waals surface area contributed by atoms with Crippen LogP contribution in [0, 0.1) is 12.3 Å². The van der Waals surface area contributed by atoms with E-state index in [0.717, 1.165) is 31.1 Å². The van der Waals surface area contributed by atoms with Crippen LogP contribution in [0.3, 0.4) is 0 Å². The van der Waals surface area contributed by atoms with Gasteiger partial charge in [-0.05, 0) is 50.3 Å². The number of aromatic nitrogens is 1. The second-order valence-corrected chi connectivity index (χ2v) is 5.82. The highest BCUT2D eigenvalue weighted by Gasteiger charge is 2.35. The van der Waals surface area contributed by atoms with Crippen molar-refractivity contribution in [2.24, 2.45) is 5.41 Å². The molecule has 2 heterocycles. The topological polar surface area (TPSA) is 28.2 Å². The van der Waals surface area contributed by atoms with E-state index in [0.29, 0.717) is 5.41 Å². The van der Waals surface area contributed by atoms with Gasteiger partial charge in [-0.25, -0.2) is 4.98 Å². The first-order chi connectivity index (χ1) is 9.14. The Bertz CT molecular complexity index is 424. The molecule has 1 aliphatic rings. The summed E-state index contributed by atoms with van der Waals surface area (Å²) in [6.07, 6.45) is 3.85. The van der Waals surface area contributed by atoms with Gasteiger partial charge in [0.1, 0.15) is 5.82 Å². The smallest absolute Gasteiger partial charge is 0.128 e. The van der Waals surface area contributed by atoms with Crippen molar-refractivity contribution in [2.45, 2.75) is 46.6 Å². The maximum absolute atomic E-state index is 4.79. The number of nitrogens with zero attached hydrogens (tertiary/aromatic N) is 2. The van der Waals surface area contributed by atoms with Gasteiger partial charge in [0.15, 0.2) is 0 Å². The van der Waals surface area contributed by atoms with Crippen molar-refractivity contribution in [2.75, 3.05) is 25.0 Å². The maximum atomic E-state index is 4.79. The standard InChI is InChI=1S/C16H27N3/c1-5-16(6-2)9-10-19(12-16)15-8-7-14(11-17-4)13(3)18-15/h7-8,17H,5-6,9-12H2,1-4H3. The third-order valence-electron chi connectivity index (χ3n) is 4.81. The Morgan fingerprint density at radius 1 is 1.32 bits per heavy atom. The van der Waals surface area contributed by atoms with E-state index in [4.69, 9.17) is 4.98 Å². The van der Waals surface area contributed by atoms with Crippen LogP contribution in [0.2, 0.25) is 0 Å². The Balaban J connectivity index is 2.13. The lowest BCUT2D eigenvalue weighted by molar-refractivity contribution is 0.301. The molecule has 1 saturated heterocycles. The number of hydrogen-bond acceptors (Lipinski definition) is 3. The van der Waals surface area contributed by atoms with E-state index in [2.05, 4.69) is 43.1 Å². The van der Waals surface area contributed by atoms with E-state index in [1.165, 1.54) is 24.8 Å². The van der Waals surface area contributed by atoms with Crippen LogP contribution in [0.15, 0.2) is 12.1 Å². The van der Waals surface area contributed by atoms with Gasteiger partial charge in [-0.2, -0.15) is 0 Å². The molecule has 19 heavy (non-hydrogen) atoms. The van der Waals surface area contributed by atoms with Gasteiger partial charge in [0.2, 0.25) is 0 Å². The number of aryl methyl sites for hydroxylation is 1. The second kappa shape index (κ2) is 5.91. The lowest BCUT2D eigenvalue weighted by Gasteiger charge is -2.27. The van der Waals surface area contributed by atoms with Crippen molar-refractivity contribution in [3.05, 3.63) is 23.4 Å². The van der Waals surface area contributed by atoms with Gasteiger partial charge in [-0.3, -0.25) is 0 Å². The summed E-state index contributed by atoms with van der Waals surface area (Å²) < 4.78 is 0. The molecule has 0 saturated carbocycles. The molecule has 1 aromatic heterocycles. The molecule has 0 amide bonds. The Hall–Kier alpha value is -1.09. The maximum Gasteiger partial charge on any atom is 0.128 e. The third kappa shape index (κ3) is 2.92. The zero-order valence-electron chi connectivity index (χ0n) is 12.8. The van der Waals surface area contributed by atoms with Crippen molar-refractivity contribution >= 4 is 5.82 Å². The molecule has 0 aromatic carbocycles. The molecule has 3 heteroatoms. The highest BCUT2D eigenvalue weighted by atomic mass is 15.2. The van der Waals surface area contributed by atoms with Crippen molar-refractivity contribution in [1.82, 2.24) is 10.3 Å². The fraction of sp³-hybridized carbons (Fsp3) is 0.688. The van der Waals surface area contributed by atoms with Crippen LogP contribution < -0.4 is 10.2 Å². The molecule has 0 unspecified atom stereocenters. The van der Waals surface area contributed by atoms with E-state index in [1.807, 2.05) is 7.05 Å². The minimum Gasteiger partial charge on any atom is -0.356 e. The van der Waals surface area contributed by atoms with Crippen molar-refractivity contribution in [3.8, 4) is 0 Å². The monoisotopic (exact) mass is 261 g/mol. The third-order valence-corrected chi connectivity index (χ3v) is 4.81. The van der Waals surface area contributed by atoms with Crippen molar-refractivity contribution < 1.29 is 0 Å². The first kappa shape index (κ1) is 14.3. The predicted molar refractivity (Wildman–Crippen MR) is 81.6 cm³/mol. The van der Waals surface area contributed by atoms with E-state index < -0.39 is 0 Å². The minimum atomic E-state index is 0.513. The minimum absolute atomic E-state index is 0.513. The van der Waals surface area contributed by atoms with Gasteiger partial charge in [-0.1, -0.05) is 19.9 Å². The molecular formula is C16H27N3. The summed E-state index contributed by atoms with van der Waals surface area (Å²) in [6.45, 7) is 9.97. The zero-order valence-corrected chi connectivity index (χ0v) is 12.8. The zero-order chi connectivity index (χ0) is 13.9. The summed E-state index contributed by atoms with van der Waals surface area (Å²) in [6, 6.07) is 4.40. The van der Waals surface area contributed by atoms with E-state index >= 15 is 0 Å². The van der Waals surface area contributed by atoms with Crippen LogP contribution in [0.25, 0.3) is 0 Å². The fourth-order valence-electron chi connectivity index (χ4n) is 3.09. The average Bonchev–Trinajstić information content (AvgIpc) is 2.86. The molecule has 0 radical (unpaired) electrons. The fourth-order valence-corrected chi connectivity index (χ4v) is 3.09. The lowest BCUT2D eigenvalue weighted by atomic mass is 9.82. The summed E-state index contributed by atoms with van der Waals surface area (Å²) in [5, 5.41) is 3.19. The molecule has 1 aromatic rings. The molecule has 0 spiro atoms. The summed E-state index contributed by atoms with van der Waals surface area (Å²) in [7, 11) is 1.98. The van der Waals surface area contributed by atoms with Crippen molar-refractivity contribution in [1.29, 1.82) is 0 Å². The van der Waals surface area contributed by atoms with Crippen LogP contribution in [-0.2, 0) is 6.54 Å². The lowest BCUT2D eigenvalue weighted by Crippen LogP contribution is -2.27. The Labute approximate surface area is 117 Å². The molecule has 0 bridgehead atoms. The number of rotatable bonds is 5. The molecule has 2 rings (SSSR count). The number of pyridine rings is 1. The Kier molecular flexibility index (Phi) is 4.46. The molecular weight excluding hydrogens is 234 g/mol. The summed E-state index contributed by atoms with van der Waals surface area (Å²) >= 11 is 0. The largest absolute Gasteiger partial charge is 0.356 e. The van der Waals surface area contributed by atoms with Gasteiger partial charge in [0, 0.05) is 25.3 Å². The number of hydrogen-bond donors (Lipinski definition) is 1. The summed E-state index contributed by atoms with van der Waals surface area (Å²) in [5.41, 5.74) is 2.96. The SMILES string of the molecule is CCC1(CC)CCN(c2ccc(CNC)c(C)n2)C1. The van der Waals surface area contributed by atoms with Gasteiger partial charge in [0.05, 0.1) is 0 Å². The highest BCUT2D eigenvalue weighted by Crippen LogP contribution is 2.38. The molecule has 0 aliphatic carbocycles. The number of nitrogens with one attached hydrogen (secondary N) is 1. The van der Waals surface area contributed by atoms with Gasteiger partial charge in [-0.15, -0.1) is 0 Å². The van der Waals surface area contributed by atoms with Crippen LogP contribution in [0.4, 0.5) is 5.82 Å². The first-order valence-corrected chi connectivity index (χ1v) is 7.50. The van der Waals surface area contributed by atoms with E-state index in [9.17, 15) is 0 Å². The first-order valence-electron chi connectivity index (χ1n) is 7.50. The average molecular weight is 261 g/mol. The Morgan fingerprint density at radius 3 is 2.58 bits per heavy atom. The second-order valence-electron chi connectivity index (χ2n) is 5.82. The normalized spacial score (nSPS) is 18.0. The van der Waals surface area contributed by atoms with Gasteiger partial charge >= 0.3 is 0 Å². The van der Waals surface area contributed by atoms with Crippen LogP contribution >= 0.6 is 0 Å². The molecule has 1 N–H and O–H groups in total. The highest BCUT2D eigenvalue weighted by molar-refractivity contribution is 5.43. The quantitative estimate of drug-likeness (QED) is 0.882. The van der Waals surface area contributed by atoms with E-state index in [-0.39, 0.29) is 0 Å². The summed E-state index contributed by atoms with van der Waals surface area (Å²) in [4.78, 5) is 7.26. The number of anilines is 1. The molecule has 106 valence electrons. The Morgan fingerprint density at radius 2 is 2.05 bits per heavy atom. The predicted octanol–water partition coefficient (Wildman–Crippen LogP) is 3.13. The molecule has 1 fully saturated rings.